The van der Waals surface area contributed by atoms with Crippen LogP contribution in [-0.2, 0) is 4.79 Å². The predicted molar refractivity (Wildman–Crippen MR) is 50.1 cm³/mol. The van der Waals surface area contributed by atoms with E-state index in [1.54, 1.807) is 6.92 Å². The van der Waals surface area contributed by atoms with Gasteiger partial charge in [0.25, 0.3) is 0 Å². The number of hydrogen-bond acceptors (Lipinski definition) is 2. The molecule has 0 saturated heterocycles. The maximum Gasteiger partial charge on any atom is 0.130 e. The third kappa shape index (κ3) is 2.94. The summed E-state index contributed by atoms with van der Waals surface area (Å²) in [6.07, 6.45) is 5.75. The van der Waals surface area contributed by atoms with Gasteiger partial charge in [-0.05, 0) is 45.6 Å². The molecule has 0 aromatic carbocycles. The summed E-state index contributed by atoms with van der Waals surface area (Å²) in [4.78, 5) is 10.8. The van der Waals surface area contributed by atoms with Gasteiger partial charge < -0.3 is 10.1 Å². The molecule has 1 saturated carbocycles. The minimum absolute atomic E-state index is 0.350. The summed E-state index contributed by atoms with van der Waals surface area (Å²) in [6.45, 7) is 1.70. The average Bonchev–Trinajstić information content (AvgIpc) is 2.05. The van der Waals surface area contributed by atoms with Crippen molar-refractivity contribution in [1.82, 2.24) is 5.32 Å². The van der Waals surface area contributed by atoms with Crippen LogP contribution in [0.5, 0.6) is 0 Å². The molecule has 0 spiro atoms. The van der Waals surface area contributed by atoms with E-state index in [1.165, 1.54) is 25.7 Å². The van der Waals surface area contributed by atoms with Gasteiger partial charge in [0.05, 0.1) is 0 Å². The van der Waals surface area contributed by atoms with Gasteiger partial charge in [-0.25, -0.2) is 0 Å². The summed E-state index contributed by atoms with van der Waals surface area (Å²) >= 11 is 0. The van der Waals surface area contributed by atoms with Crippen molar-refractivity contribution in [3.05, 3.63) is 0 Å². The molecule has 1 aliphatic carbocycles. The van der Waals surface area contributed by atoms with Crippen molar-refractivity contribution >= 4 is 5.78 Å². The van der Waals surface area contributed by atoms with E-state index in [-0.39, 0.29) is 0 Å². The van der Waals surface area contributed by atoms with Crippen molar-refractivity contribution < 1.29 is 4.79 Å². The van der Waals surface area contributed by atoms with Crippen molar-refractivity contribution in [2.24, 2.45) is 5.92 Å². The van der Waals surface area contributed by atoms with Gasteiger partial charge in [-0.3, -0.25) is 0 Å². The Bertz CT molecular complexity index is 148. The van der Waals surface area contributed by atoms with E-state index >= 15 is 0 Å². The zero-order valence-corrected chi connectivity index (χ0v) is 8.10. The van der Waals surface area contributed by atoms with Gasteiger partial charge in [0.15, 0.2) is 0 Å². The molecule has 0 atom stereocenters. The molecule has 1 fully saturated rings. The number of nitrogens with one attached hydrogen (secondary N) is 1. The molecule has 0 unspecified atom stereocenters. The molecule has 0 amide bonds. The molecule has 1 aliphatic rings. The summed E-state index contributed by atoms with van der Waals surface area (Å²) < 4.78 is 0. The second kappa shape index (κ2) is 4.61. The topological polar surface area (TPSA) is 29.1 Å². The fraction of sp³-hybridized carbons (Fsp3) is 0.900. The van der Waals surface area contributed by atoms with Crippen LogP contribution in [0.4, 0.5) is 0 Å². The number of Topliss-reactive ketones (excluding diaryl/α,β-unsaturated/α-hetero) is 1. The van der Waals surface area contributed by atoms with Crippen molar-refractivity contribution in [2.75, 3.05) is 7.05 Å². The van der Waals surface area contributed by atoms with Crippen LogP contribution in [0.2, 0.25) is 0 Å². The second-order valence-electron chi connectivity index (χ2n) is 3.91. The van der Waals surface area contributed by atoms with E-state index in [4.69, 9.17) is 0 Å². The van der Waals surface area contributed by atoms with Crippen LogP contribution in [-0.4, -0.2) is 18.9 Å². The van der Waals surface area contributed by atoms with Crippen LogP contribution < -0.4 is 5.32 Å². The SMILES string of the molecule is CN[C@H]1CC[C@H](CC(C)=O)CC1. The Morgan fingerprint density at radius 2 is 1.92 bits per heavy atom. The van der Waals surface area contributed by atoms with Crippen LogP contribution in [0.1, 0.15) is 39.0 Å². The van der Waals surface area contributed by atoms with Crippen molar-refractivity contribution in [2.45, 2.75) is 45.1 Å². The zero-order chi connectivity index (χ0) is 8.97. The average molecular weight is 169 g/mol. The molecule has 2 nitrogen and oxygen atoms in total. The lowest BCUT2D eigenvalue weighted by Gasteiger charge is -2.27. The van der Waals surface area contributed by atoms with Gasteiger partial charge in [-0.2, -0.15) is 0 Å². The molecule has 0 heterocycles. The summed E-state index contributed by atoms with van der Waals surface area (Å²) in [5.41, 5.74) is 0. The fourth-order valence-electron chi connectivity index (χ4n) is 2.06. The largest absolute Gasteiger partial charge is 0.317 e. The van der Waals surface area contributed by atoms with E-state index in [9.17, 15) is 4.79 Å². The molecule has 0 bridgehead atoms. The molecule has 0 aromatic rings. The number of carbonyl (C=O) groups is 1. The maximum atomic E-state index is 10.8. The first-order chi connectivity index (χ1) is 5.72. The van der Waals surface area contributed by atoms with E-state index in [1.807, 2.05) is 7.05 Å². The van der Waals surface area contributed by atoms with Gasteiger partial charge in [0, 0.05) is 12.5 Å². The van der Waals surface area contributed by atoms with E-state index in [0.29, 0.717) is 17.7 Å². The number of ketones is 1. The minimum atomic E-state index is 0.350. The standard InChI is InChI=1S/C10H19NO/c1-8(12)7-9-3-5-10(11-2)6-4-9/h9-11H,3-7H2,1-2H3/t9-,10-. The Morgan fingerprint density at radius 3 is 2.33 bits per heavy atom. The molecular weight excluding hydrogens is 150 g/mol. The van der Waals surface area contributed by atoms with Crippen molar-refractivity contribution in [3.63, 3.8) is 0 Å². The number of hydrogen-bond donors (Lipinski definition) is 1. The van der Waals surface area contributed by atoms with Crippen molar-refractivity contribution in [3.8, 4) is 0 Å². The Kier molecular flexibility index (Phi) is 3.73. The van der Waals surface area contributed by atoms with E-state index in [2.05, 4.69) is 5.32 Å². The highest BCUT2D eigenvalue weighted by atomic mass is 16.1. The summed E-state index contributed by atoms with van der Waals surface area (Å²) in [5, 5.41) is 3.29. The number of rotatable bonds is 3. The Balaban J connectivity index is 2.21. The van der Waals surface area contributed by atoms with Crippen LogP contribution in [0, 0.1) is 5.92 Å². The molecule has 0 radical (unpaired) electrons. The highest BCUT2D eigenvalue weighted by Gasteiger charge is 2.20. The summed E-state index contributed by atoms with van der Waals surface area (Å²) in [7, 11) is 2.02. The first-order valence-electron chi connectivity index (χ1n) is 4.89. The zero-order valence-electron chi connectivity index (χ0n) is 8.10. The smallest absolute Gasteiger partial charge is 0.130 e. The monoisotopic (exact) mass is 169 g/mol. The highest BCUT2D eigenvalue weighted by Crippen LogP contribution is 2.26. The quantitative estimate of drug-likeness (QED) is 0.697. The van der Waals surface area contributed by atoms with E-state index < -0.39 is 0 Å². The number of carbonyl (C=O) groups excluding carboxylic acids is 1. The molecule has 0 aromatic heterocycles. The Morgan fingerprint density at radius 1 is 1.33 bits per heavy atom. The normalized spacial score (nSPS) is 30.2. The van der Waals surface area contributed by atoms with Gasteiger partial charge >= 0.3 is 0 Å². The maximum absolute atomic E-state index is 10.8. The van der Waals surface area contributed by atoms with Gasteiger partial charge in [0.1, 0.15) is 5.78 Å². The summed E-state index contributed by atoms with van der Waals surface area (Å²) in [6, 6.07) is 0.702. The van der Waals surface area contributed by atoms with Crippen LogP contribution in [0.25, 0.3) is 0 Å². The minimum Gasteiger partial charge on any atom is -0.317 e. The van der Waals surface area contributed by atoms with Crippen LogP contribution >= 0.6 is 0 Å². The molecular formula is C10H19NO. The van der Waals surface area contributed by atoms with Gasteiger partial charge in [-0.1, -0.05) is 0 Å². The molecule has 1 rings (SSSR count). The summed E-state index contributed by atoms with van der Waals surface area (Å²) in [5.74, 6) is 1.02. The predicted octanol–water partition coefficient (Wildman–Crippen LogP) is 1.74. The Labute approximate surface area is 74.7 Å². The van der Waals surface area contributed by atoms with E-state index in [0.717, 1.165) is 6.42 Å². The first kappa shape index (κ1) is 9.72. The third-order valence-corrected chi connectivity index (χ3v) is 2.83. The molecule has 1 N–H and O–H groups in total. The second-order valence-corrected chi connectivity index (χ2v) is 3.91. The van der Waals surface area contributed by atoms with Crippen LogP contribution in [0.15, 0.2) is 0 Å². The van der Waals surface area contributed by atoms with Crippen LogP contribution in [0.3, 0.4) is 0 Å². The fourth-order valence-corrected chi connectivity index (χ4v) is 2.06. The lowest BCUT2D eigenvalue weighted by atomic mass is 9.83. The molecule has 12 heavy (non-hydrogen) atoms. The van der Waals surface area contributed by atoms with Crippen molar-refractivity contribution in [1.29, 1.82) is 0 Å². The van der Waals surface area contributed by atoms with Gasteiger partial charge in [-0.15, -0.1) is 0 Å². The highest BCUT2D eigenvalue weighted by molar-refractivity contribution is 5.75. The molecule has 2 heteroatoms. The lowest BCUT2D eigenvalue weighted by Crippen LogP contribution is -2.30. The van der Waals surface area contributed by atoms with Gasteiger partial charge in [0.2, 0.25) is 0 Å². The molecule has 0 aliphatic heterocycles. The lowest BCUT2D eigenvalue weighted by molar-refractivity contribution is -0.118. The third-order valence-electron chi connectivity index (χ3n) is 2.83. The first-order valence-corrected chi connectivity index (χ1v) is 4.89. The Hall–Kier alpha value is -0.370. The molecule has 70 valence electrons.